The molecule has 1 atom stereocenters. The molecule has 0 aliphatic carbocycles. The first-order valence-corrected chi connectivity index (χ1v) is 3.56. The molecule has 54 valence electrons. The largest absolute Gasteiger partial charge is 0.768 e. The lowest BCUT2D eigenvalue weighted by Gasteiger charge is -2.02. The Labute approximate surface area is 60.0 Å². The zero-order valence-electron chi connectivity index (χ0n) is 4.89. The molecule has 1 heterocycles. The molecule has 10 heavy (non-hydrogen) atoms. The molecular formula is C5H4NO3S-. The molecule has 0 fully saturated rings. The zero-order valence-corrected chi connectivity index (χ0v) is 5.71. The van der Waals surface area contributed by atoms with Crippen LogP contribution in [0.4, 0.5) is 0 Å². The lowest BCUT2D eigenvalue weighted by molar-refractivity contribution is -0.607. The summed E-state index contributed by atoms with van der Waals surface area (Å²) in [4.78, 5) is -0.00231. The van der Waals surface area contributed by atoms with Gasteiger partial charge in [0.1, 0.15) is 0 Å². The van der Waals surface area contributed by atoms with E-state index in [4.69, 9.17) is 0 Å². The molecule has 0 spiro atoms. The smallest absolute Gasteiger partial charge is 0.195 e. The predicted molar refractivity (Wildman–Crippen MR) is 32.6 cm³/mol. The van der Waals surface area contributed by atoms with Crippen molar-refractivity contribution >= 4 is 11.1 Å². The molecule has 0 bridgehead atoms. The summed E-state index contributed by atoms with van der Waals surface area (Å²) < 4.78 is 20.8. The van der Waals surface area contributed by atoms with E-state index in [1.807, 2.05) is 0 Å². The lowest BCUT2D eigenvalue weighted by Crippen LogP contribution is -2.24. The minimum Gasteiger partial charge on any atom is -0.768 e. The van der Waals surface area contributed by atoms with Crippen LogP contribution in [0.25, 0.3) is 0 Å². The SMILES string of the molecule is O=S([O-])c1ccc[n+]([O-])c1. The normalized spacial score (nSPS) is 12.9. The van der Waals surface area contributed by atoms with Gasteiger partial charge >= 0.3 is 0 Å². The topological polar surface area (TPSA) is 67.1 Å². The van der Waals surface area contributed by atoms with Gasteiger partial charge in [-0.3, -0.25) is 4.21 Å². The number of nitrogens with zero attached hydrogens (tertiary/aromatic N) is 1. The van der Waals surface area contributed by atoms with Crippen LogP contribution in [-0.2, 0) is 11.1 Å². The molecule has 4 nitrogen and oxygen atoms in total. The van der Waals surface area contributed by atoms with Gasteiger partial charge in [-0.2, -0.15) is 4.73 Å². The molecule has 0 aliphatic heterocycles. The van der Waals surface area contributed by atoms with Crippen molar-refractivity contribution in [1.29, 1.82) is 0 Å². The van der Waals surface area contributed by atoms with Crippen LogP contribution in [0.15, 0.2) is 29.4 Å². The number of hydrogen-bond donors (Lipinski definition) is 0. The summed E-state index contributed by atoms with van der Waals surface area (Å²) in [5.41, 5.74) is 0. The zero-order chi connectivity index (χ0) is 7.56. The summed E-state index contributed by atoms with van der Waals surface area (Å²) in [5, 5.41) is 10.4. The molecule has 0 aliphatic rings. The summed E-state index contributed by atoms with van der Waals surface area (Å²) in [6.45, 7) is 0. The third-order valence-electron chi connectivity index (χ3n) is 0.940. The summed E-state index contributed by atoms with van der Waals surface area (Å²) in [6, 6.07) is 2.72. The highest BCUT2D eigenvalue weighted by atomic mass is 32.2. The third kappa shape index (κ3) is 1.52. The van der Waals surface area contributed by atoms with E-state index < -0.39 is 11.1 Å². The third-order valence-corrected chi connectivity index (χ3v) is 1.57. The summed E-state index contributed by atoms with van der Waals surface area (Å²) >= 11 is -2.31. The van der Waals surface area contributed by atoms with Gasteiger partial charge in [-0.25, -0.2) is 0 Å². The molecule has 0 aromatic carbocycles. The van der Waals surface area contributed by atoms with Crippen molar-refractivity contribution in [3.8, 4) is 0 Å². The molecule has 1 unspecified atom stereocenters. The molecule has 0 saturated heterocycles. The highest BCUT2D eigenvalue weighted by Gasteiger charge is 1.94. The van der Waals surface area contributed by atoms with Gasteiger partial charge in [0.05, 0.1) is 4.90 Å². The number of rotatable bonds is 1. The van der Waals surface area contributed by atoms with E-state index in [1.54, 1.807) is 0 Å². The van der Waals surface area contributed by atoms with E-state index in [-0.39, 0.29) is 4.90 Å². The maximum atomic E-state index is 10.4. The van der Waals surface area contributed by atoms with E-state index in [1.165, 1.54) is 18.3 Å². The van der Waals surface area contributed by atoms with Gasteiger partial charge in [0.15, 0.2) is 12.4 Å². The highest BCUT2D eigenvalue weighted by Crippen LogP contribution is 1.97. The second-order valence-electron chi connectivity index (χ2n) is 1.63. The quantitative estimate of drug-likeness (QED) is 0.316. The van der Waals surface area contributed by atoms with Gasteiger partial charge in [-0.05, 0) is 17.1 Å². The summed E-state index contributed by atoms with van der Waals surface area (Å²) in [6.07, 6.45) is 2.21. The molecule has 0 radical (unpaired) electrons. The Kier molecular flexibility index (Phi) is 1.98. The van der Waals surface area contributed by atoms with Gasteiger partial charge in [0.2, 0.25) is 0 Å². The molecule has 1 aromatic rings. The maximum absolute atomic E-state index is 10.4. The number of pyridine rings is 1. The van der Waals surface area contributed by atoms with Crippen LogP contribution in [0.5, 0.6) is 0 Å². The van der Waals surface area contributed by atoms with E-state index in [9.17, 15) is 14.0 Å². The van der Waals surface area contributed by atoms with Crippen LogP contribution in [0.3, 0.4) is 0 Å². The van der Waals surface area contributed by atoms with Crippen molar-refractivity contribution in [2.45, 2.75) is 4.90 Å². The van der Waals surface area contributed by atoms with Crippen LogP contribution in [0.2, 0.25) is 0 Å². The first-order chi connectivity index (χ1) is 4.70. The van der Waals surface area contributed by atoms with E-state index in [2.05, 4.69) is 0 Å². The number of hydrogen-bond acceptors (Lipinski definition) is 3. The van der Waals surface area contributed by atoms with Crippen molar-refractivity contribution < 1.29 is 13.5 Å². The van der Waals surface area contributed by atoms with E-state index in [0.29, 0.717) is 4.73 Å². The lowest BCUT2D eigenvalue weighted by atomic mass is 10.5. The monoisotopic (exact) mass is 158 g/mol. The van der Waals surface area contributed by atoms with Gasteiger partial charge in [0.25, 0.3) is 0 Å². The molecule has 0 N–H and O–H groups in total. The summed E-state index contributed by atoms with van der Waals surface area (Å²) in [5.74, 6) is 0. The molecule has 1 aromatic heterocycles. The second-order valence-corrected chi connectivity index (χ2v) is 2.58. The minimum absolute atomic E-state index is 0.00231. The Morgan fingerprint density at radius 1 is 1.60 bits per heavy atom. The van der Waals surface area contributed by atoms with Crippen LogP contribution in [0.1, 0.15) is 0 Å². The average molecular weight is 158 g/mol. The standard InChI is InChI=1S/C5H5NO3S/c7-6-3-1-2-5(4-6)10(8)9/h1-4H,(H,8,9)/p-1. The fraction of sp³-hybridized carbons (Fsp3) is 0. The van der Waals surface area contributed by atoms with Gasteiger partial charge in [-0.15, -0.1) is 0 Å². The average Bonchev–Trinajstić information content (AvgIpc) is 1.88. The van der Waals surface area contributed by atoms with Crippen molar-refractivity contribution in [3.05, 3.63) is 29.7 Å². The van der Waals surface area contributed by atoms with Crippen molar-refractivity contribution in [1.82, 2.24) is 0 Å². The summed E-state index contributed by atoms with van der Waals surface area (Å²) in [7, 11) is 0. The second kappa shape index (κ2) is 2.76. The first-order valence-electron chi connectivity index (χ1n) is 2.48. The van der Waals surface area contributed by atoms with Crippen LogP contribution in [0, 0.1) is 5.21 Å². The van der Waals surface area contributed by atoms with Crippen molar-refractivity contribution in [3.63, 3.8) is 0 Å². The Morgan fingerprint density at radius 2 is 2.30 bits per heavy atom. The predicted octanol–water partition coefficient (Wildman–Crippen LogP) is -0.442. The first kappa shape index (κ1) is 7.17. The fourth-order valence-corrected chi connectivity index (χ4v) is 0.912. The molecule has 0 amide bonds. The van der Waals surface area contributed by atoms with Crippen LogP contribution in [-0.4, -0.2) is 8.76 Å². The number of aromatic nitrogens is 1. The molecule has 1 rings (SSSR count). The highest BCUT2D eigenvalue weighted by molar-refractivity contribution is 7.79. The van der Waals surface area contributed by atoms with Crippen molar-refractivity contribution in [2.24, 2.45) is 0 Å². The molecular weight excluding hydrogens is 154 g/mol. The molecule has 0 saturated carbocycles. The van der Waals surface area contributed by atoms with Gasteiger partial charge < -0.3 is 9.76 Å². The minimum atomic E-state index is -2.31. The van der Waals surface area contributed by atoms with E-state index in [0.717, 1.165) is 6.20 Å². The Hall–Kier alpha value is -0.940. The fourth-order valence-electron chi connectivity index (χ4n) is 0.533. The maximum Gasteiger partial charge on any atom is 0.195 e. The van der Waals surface area contributed by atoms with Gasteiger partial charge in [0, 0.05) is 6.07 Å². The molecule has 5 heteroatoms. The Bertz CT molecular complexity index is 263. The van der Waals surface area contributed by atoms with Gasteiger partial charge in [-0.1, -0.05) is 0 Å². The van der Waals surface area contributed by atoms with Crippen molar-refractivity contribution in [2.75, 3.05) is 0 Å². The Balaban J connectivity index is 3.07. The van der Waals surface area contributed by atoms with E-state index >= 15 is 0 Å². The van der Waals surface area contributed by atoms with Crippen LogP contribution < -0.4 is 4.73 Å². The van der Waals surface area contributed by atoms with Crippen LogP contribution >= 0.6 is 0 Å². The Morgan fingerprint density at radius 3 is 2.70 bits per heavy atom.